The minimum absolute atomic E-state index is 0. The summed E-state index contributed by atoms with van der Waals surface area (Å²) in [5.41, 5.74) is 0.993. The molecule has 0 spiro atoms. The highest BCUT2D eigenvalue weighted by Crippen LogP contribution is 2.53. The van der Waals surface area contributed by atoms with E-state index in [9.17, 15) is 38.4 Å². The van der Waals surface area contributed by atoms with E-state index >= 15 is 0 Å². The lowest BCUT2D eigenvalue weighted by Crippen LogP contribution is -2.48. The number of allylic oxidation sites excluding steroid dienone is 12. The Balaban J connectivity index is 0.000000323. The molecule has 14 nitrogen and oxygen atoms in total. The van der Waals surface area contributed by atoms with Crippen molar-refractivity contribution in [1.82, 2.24) is 0 Å². The molecule has 0 amide bonds. The van der Waals surface area contributed by atoms with Crippen molar-refractivity contribution in [2.45, 2.75) is 225 Å². The monoisotopic (exact) mass is 1170 g/mol. The molecule has 6 aliphatic heterocycles. The van der Waals surface area contributed by atoms with E-state index < -0.39 is 52.4 Å². The molecule has 0 N–H and O–H groups in total. The number of fused-ring (bicyclic) bond motifs is 3. The Labute approximate surface area is 503 Å². The van der Waals surface area contributed by atoms with E-state index in [1.807, 2.05) is 75.5 Å². The van der Waals surface area contributed by atoms with Gasteiger partial charge in [0, 0.05) is 47.3 Å². The van der Waals surface area contributed by atoms with Crippen LogP contribution in [0.4, 0.5) is 0 Å². The van der Waals surface area contributed by atoms with Gasteiger partial charge in [-0.05, 0) is 139 Å². The van der Waals surface area contributed by atoms with Gasteiger partial charge in [-0.3, -0.25) is 38.4 Å². The van der Waals surface area contributed by atoms with Gasteiger partial charge in [0.1, 0.15) is 60.5 Å². The Kier molecular flexibility index (Phi) is 26.8. The Hall–Kier alpha value is -6.18. The molecule has 0 aromatic heterocycles. The lowest BCUT2D eigenvalue weighted by Gasteiger charge is -2.38. The van der Waals surface area contributed by atoms with Crippen LogP contribution in [0.5, 0.6) is 0 Å². The van der Waals surface area contributed by atoms with E-state index in [0.29, 0.717) is 60.3 Å². The first-order valence-corrected chi connectivity index (χ1v) is 29.7. The normalized spacial score (nSPS) is 29.2. The number of ether oxygens (including phenoxy) is 6. The molecule has 3 aliphatic carbocycles. The predicted molar refractivity (Wildman–Crippen MR) is 329 cm³/mol. The fraction of sp³-hybridized carbons (Fsp3) is 0.629. The molecule has 3 fully saturated rings. The summed E-state index contributed by atoms with van der Waals surface area (Å²) in [5, 5.41) is 0. The Morgan fingerprint density at radius 2 is 0.810 bits per heavy atom. The fourth-order valence-corrected chi connectivity index (χ4v) is 13.3. The molecular weight excluding hydrogens is 1060 g/mol. The van der Waals surface area contributed by atoms with Crippen LogP contribution in [0.1, 0.15) is 208 Å². The van der Waals surface area contributed by atoms with Crippen LogP contribution in [0.3, 0.4) is 0 Å². The highest BCUT2D eigenvalue weighted by Gasteiger charge is 2.64. The number of carbonyl (C=O) groups is 8. The van der Waals surface area contributed by atoms with Crippen LogP contribution in [0.15, 0.2) is 105 Å². The van der Waals surface area contributed by atoms with Crippen molar-refractivity contribution in [3.05, 3.63) is 105 Å². The highest BCUT2D eigenvalue weighted by molar-refractivity contribution is 6.12. The van der Waals surface area contributed by atoms with Gasteiger partial charge < -0.3 is 28.4 Å². The maximum Gasteiger partial charge on any atom is 0.317 e. The van der Waals surface area contributed by atoms with Crippen molar-refractivity contribution < 1.29 is 66.8 Å². The highest BCUT2D eigenvalue weighted by atomic mass is 16.6. The number of hydrogen-bond acceptors (Lipinski definition) is 14. The molecule has 0 radical (unpaired) electrons. The van der Waals surface area contributed by atoms with Crippen LogP contribution in [0.2, 0.25) is 0 Å². The molecule has 0 saturated carbocycles. The van der Waals surface area contributed by atoms with Gasteiger partial charge in [-0.25, -0.2) is 0 Å². The van der Waals surface area contributed by atoms with Crippen molar-refractivity contribution in [2.75, 3.05) is 19.8 Å². The number of rotatable bonds is 20. The van der Waals surface area contributed by atoms with Gasteiger partial charge >= 0.3 is 17.9 Å². The number of carbonyl (C=O) groups excluding carboxylic acids is 8. The molecule has 0 aromatic rings. The van der Waals surface area contributed by atoms with E-state index in [1.165, 1.54) is 6.42 Å². The quantitative estimate of drug-likeness (QED) is 0.0484. The molecule has 466 valence electrons. The maximum atomic E-state index is 13.1. The maximum absolute atomic E-state index is 13.1. The van der Waals surface area contributed by atoms with Gasteiger partial charge in [-0.2, -0.15) is 0 Å². The van der Waals surface area contributed by atoms with E-state index in [1.54, 1.807) is 20.8 Å². The standard InChI is InChI=1S/C23H30O5.C22H30O4.C21H26O5.4CH4/c1-4-6-7-8-9-11-19(24)20-18-13-15-12-16(10-5-2)27-14-17(15)21(25)23(18,3)28-22(20)26;1-5-7-8-10-14(3)19-18-12-15-11-16(9-6-2)25-13-17(15)20(23)22(18,4)26-21(19)24;1-4-6-7-9-17(22)18-16-11-13-10-14(8-5-2)25-12-15(13)19(23)21(16,3)26-20(18)24;;;;/h5,10,12,18,20H,4,6-9,11,13-14H2,1-3H3;6,9,11,14,18-19H,5,7-8,10,12-13H2,1-4H3;5,8,10,16,18H,4,6-7,9,11-12H2,1-3H3;4*1H4/b10-5+;9-6+;8-5+;;;;/t;14?,18-,19-,22-;;;;;/m.1...../s1. The third-order valence-electron chi connectivity index (χ3n) is 18.0. The SMILES string of the molecule is C.C.C.C.C/C=C/C1=CC2=C(CO1)C(=O)C1(C)OC(=O)C(C(=O)CCCCC)C1C2.C/C=C/C1=CC2=C(CO1)C(=O)C1(C)OC(=O)C(C(=O)CCCCCCC)C1C2.C/C=C/C1=CC2=C(CO1)C(=O)[C@]1(C)OC(=O)[C@H](C(C)CCCCC)[C@H]1C2. The summed E-state index contributed by atoms with van der Waals surface area (Å²) >= 11 is 0. The third-order valence-corrected chi connectivity index (χ3v) is 18.0. The average molecular weight is 1170 g/mol. The number of hydrogen-bond donors (Lipinski definition) is 0. The second-order valence-electron chi connectivity index (χ2n) is 23.5. The zero-order valence-corrected chi connectivity index (χ0v) is 49.1. The van der Waals surface area contributed by atoms with Crippen molar-refractivity contribution in [3.63, 3.8) is 0 Å². The number of unbranched alkanes of at least 4 members (excludes halogenated alkanes) is 8. The van der Waals surface area contributed by atoms with Crippen molar-refractivity contribution in [2.24, 2.45) is 41.4 Å². The number of Topliss-reactive ketones (excluding diaryl/α,β-unsaturated/α-hetero) is 5. The molecule has 84 heavy (non-hydrogen) atoms. The fourth-order valence-electron chi connectivity index (χ4n) is 13.3. The summed E-state index contributed by atoms with van der Waals surface area (Å²) in [5.74, 6) is -2.42. The van der Waals surface area contributed by atoms with Crippen molar-refractivity contribution in [1.29, 1.82) is 0 Å². The molecular formula is C70H102O14. The van der Waals surface area contributed by atoms with Crippen molar-refractivity contribution >= 4 is 46.8 Å². The van der Waals surface area contributed by atoms with Crippen LogP contribution >= 0.6 is 0 Å². The first-order chi connectivity index (χ1) is 38.3. The lowest BCUT2D eigenvalue weighted by molar-refractivity contribution is -0.158. The van der Waals surface area contributed by atoms with Gasteiger partial charge in [-0.1, -0.05) is 133 Å². The molecule has 9 aliphatic rings. The van der Waals surface area contributed by atoms with E-state index in [4.69, 9.17) is 28.4 Å². The third kappa shape index (κ3) is 14.7. The van der Waals surface area contributed by atoms with E-state index in [-0.39, 0.29) is 102 Å². The van der Waals surface area contributed by atoms with Gasteiger partial charge in [0.15, 0.2) is 16.8 Å². The Morgan fingerprint density at radius 3 is 1.19 bits per heavy atom. The zero-order valence-electron chi connectivity index (χ0n) is 49.1. The second-order valence-corrected chi connectivity index (χ2v) is 23.5. The van der Waals surface area contributed by atoms with Gasteiger partial charge in [0.25, 0.3) is 0 Å². The molecule has 14 heteroatoms. The first-order valence-electron chi connectivity index (χ1n) is 29.7. The summed E-state index contributed by atoms with van der Waals surface area (Å²) in [6.45, 7) is 20.0. The lowest BCUT2D eigenvalue weighted by atomic mass is 9.65. The van der Waals surface area contributed by atoms with Crippen LogP contribution in [-0.4, -0.2) is 83.4 Å². The molecule has 0 aromatic carbocycles. The summed E-state index contributed by atoms with van der Waals surface area (Å²) < 4.78 is 33.6. The van der Waals surface area contributed by atoms with Crippen LogP contribution in [-0.2, 0) is 66.8 Å². The van der Waals surface area contributed by atoms with Crippen LogP contribution in [0, 0.1) is 41.4 Å². The zero-order chi connectivity index (χ0) is 58.1. The number of ketones is 5. The Bertz CT molecular complexity index is 2760. The van der Waals surface area contributed by atoms with E-state index in [2.05, 4.69) is 27.7 Å². The minimum Gasteiger partial charge on any atom is -0.489 e. The molecule has 7 unspecified atom stereocenters. The van der Waals surface area contributed by atoms with Crippen LogP contribution in [0.25, 0.3) is 0 Å². The summed E-state index contributed by atoms with van der Waals surface area (Å²) in [7, 11) is 0. The molecule has 9 rings (SSSR count). The second kappa shape index (κ2) is 31.3. The van der Waals surface area contributed by atoms with Crippen molar-refractivity contribution in [3.8, 4) is 0 Å². The summed E-state index contributed by atoms with van der Waals surface area (Å²) in [6, 6.07) is 0. The largest absolute Gasteiger partial charge is 0.489 e. The van der Waals surface area contributed by atoms with Gasteiger partial charge in [0.2, 0.25) is 17.3 Å². The van der Waals surface area contributed by atoms with Crippen LogP contribution < -0.4 is 0 Å². The predicted octanol–water partition coefficient (Wildman–Crippen LogP) is 14.7. The van der Waals surface area contributed by atoms with Gasteiger partial charge in [-0.15, -0.1) is 0 Å². The number of esters is 3. The Morgan fingerprint density at radius 1 is 0.488 bits per heavy atom. The topological polar surface area (TPSA) is 192 Å². The molecule has 3 saturated heterocycles. The first kappa shape index (κ1) is 72.1. The minimum atomic E-state index is -1.26. The molecule has 10 atom stereocenters. The summed E-state index contributed by atoms with van der Waals surface area (Å²) in [4.78, 5) is 103. The average Bonchev–Trinajstić information content (AvgIpc) is 1.70. The summed E-state index contributed by atoms with van der Waals surface area (Å²) in [6.07, 6.45) is 31.7. The molecule has 6 heterocycles. The molecule has 0 bridgehead atoms. The smallest absolute Gasteiger partial charge is 0.317 e. The van der Waals surface area contributed by atoms with E-state index in [0.717, 1.165) is 93.1 Å². The van der Waals surface area contributed by atoms with Gasteiger partial charge in [0.05, 0.1) is 5.92 Å².